The van der Waals surface area contributed by atoms with E-state index in [0.717, 1.165) is 11.3 Å². The van der Waals surface area contributed by atoms with Gasteiger partial charge in [0.1, 0.15) is 0 Å². The maximum Gasteiger partial charge on any atom is 0.0786 e. The fraction of sp³-hybridized carbons (Fsp3) is 0. The zero-order valence-corrected chi connectivity index (χ0v) is 13.1. The highest BCUT2D eigenvalue weighted by atomic mass is 14.7. The number of nitrogens with zero attached hydrogens (tertiary/aromatic N) is 1. The van der Waals surface area contributed by atoms with E-state index < -0.39 is 0 Å². The molecule has 0 aliphatic heterocycles. The van der Waals surface area contributed by atoms with E-state index in [1.54, 1.807) is 0 Å². The molecule has 1 aromatic heterocycles. The van der Waals surface area contributed by atoms with Crippen LogP contribution in [0.1, 0.15) is 0 Å². The number of hydrogen-bond donors (Lipinski definition) is 0. The van der Waals surface area contributed by atoms with Gasteiger partial charge >= 0.3 is 0 Å². The lowest BCUT2D eigenvalue weighted by molar-refractivity contribution is 1.36. The Bertz CT molecular complexity index is 1150. The van der Waals surface area contributed by atoms with E-state index in [1.165, 1.54) is 32.3 Å². The van der Waals surface area contributed by atoms with E-state index in [-0.39, 0.29) is 0 Å². The predicted octanol–water partition coefficient (Wildman–Crippen LogP) is 6.21. The smallest absolute Gasteiger partial charge is 0.0786 e. The summed E-state index contributed by atoms with van der Waals surface area (Å²) in [5, 5.41) is 7.62. The van der Waals surface area contributed by atoms with Gasteiger partial charge in [0, 0.05) is 17.1 Å². The molecule has 0 amide bonds. The summed E-state index contributed by atoms with van der Waals surface area (Å²) in [5.74, 6) is 0. The third kappa shape index (κ3) is 1.85. The fourth-order valence-corrected chi connectivity index (χ4v) is 3.66. The topological polar surface area (TPSA) is 12.9 Å². The largest absolute Gasteiger partial charge is 0.256 e. The minimum absolute atomic E-state index is 1.05. The van der Waals surface area contributed by atoms with E-state index in [0.29, 0.717) is 0 Å². The SMILES string of the molecule is c1ccc(-c2nccc3c4ccccc4c4ccccc4c23)cc1. The molecule has 0 aliphatic rings. The molecule has 0 bridgehead atoms. The minimum atomic E-state index is 1.05. The van der Waals surface area contributed by atoms with Crippen molar-refractivity contribution in [3.8, 4) is 11.3 Å². The van der Waals surface area contributed by atoms with Crippen LogP contribution >= 0.6 is 0 Å². The van der Waals surface area contributed by atoms with Crippen LogP contribution in [0, 0.1) is 0 Å². The summed E-state index contributed by atoms with van der Waals surface area (Å²) in [6.45, 7) is 0. The molecular weight excluding hydrogens is 290 g/mol. The summed E-state index contributed by atoms with van der Waals surface area (Å²) in [4.78, 5) is 4.73. The van der Waals surface area contributed by atoms with Gasteiger partial charge < -0.3 is 0 Å². The van der Waals surface area contributed by atoms with Gasteiger partial charge in [-0.2, -0.15) is 0 Å². The van der Waals surface area contributed by atoms with Gasteiger partial charge in [-0.3, -0.25) is 4.98 Å². The molecule has 0 spiro atoms. The Morgan fingerprint density at radius 2 is 0.958 bits per heavy atom. The van der Waals surface area contributed by atoms with Gasteiger partial charge in [0.25, 0.3) is 0 Å². The number of rotatable bonds is 1. The van der Waals surface area contributed by atoms with Crippen molar-refractivity contribution in [3.63, 3.8) is 0 Å². The zero-order valence-electron chi connectivity index (χ0n) is 13.1. The first kappa shape index (κ1) is 13.3. The summed E-state index contributed by atoms with van der Waals surface area (Å²) >= 11 is 0. The van der Waals surface area contributed by atoms with E-state index >= 15 is 0 Å². The second kappa shape index (κ2) is 5.17. The van der Waals surface area contributed by atoms with E-state index in [9.17, 15) is 0 Å². The molecule has 4 aromatic carbocycles. The molecule has 0 atom stereocenters. The van der Waals surface area contributed by atoms with Crippen molar-refractivity contribution in [2.24, 2.45) is 0 Å². The predicted molar refractivity (Wildman–Crippen MR) is 102 cm³/mol. The molecule has 5 aromatic rings. The Kier molecular flexibility index (Phi) is 2.86. The van der Waals surface area contributed by atoms with E-state index in [4.69, 9.17) is 4.98 Å². The van der Waals surface area contributed by atoms with Crippen molar-refractivity contribution in [2.75, 3.05) is 0 Å². The molecule has 1 heteroatoms. The van der Waals surface area contributed by atoms with Crippen LogP contribution < -0.4 is 0 Å². The Morgan fingerprint density at radius 1 is 0.458 bits per heavy atom. The Balaban J connectivity index is 2.09. The zero-order chi connectivity index (χ0) is 15.9. The summed E-state index contributed by atoms with van der Waals surface area (Å²) in [6.07, 6.45) is 1.92. The number of hydrogen-bond acceptors (Lipinski definition) is 1. The van der Waals surface area contributed by atoms with Crippen molar-refractivity contribution in [1.29, 1.82) is 0 Å². The van der Waals surface area contributed by atoms with Crippen LogP contribution in [0.2, 0.25) is 0 Å². The van der Waals surface area contributed by atoms with Crippen LogP contribution in [0.15, 0.2) is 91.1 Å². The van der Waals surface area contributed by atoms with Gasteiger partial charge in [-0.25, -0.2) is 0 Å². The lowest BCUT2D eigenvalue weighted by Gasteiger charge is -2.13. The van der Waals surface area contributed by atoms with Crippen LogP contribution in [-0.2, 0) is 0 Å². The first-order chi connectivity index (χ1) is 11.9. The summed E-state index contributed by atoms with van der Waals surface area (Å²) in [6, 6.07) is 29.8. The molecule has 0 saturated carbocycles. The second-order valence-corrected chi connectivity index (χ2v) is 6.04. The summed E-state index contributed by atoms with van der Waals surface area (Å²) in [7, 11) is 0. The highest BCUT2D eigenvalue weighted by molar-refractivity contribution is 6.27. The third-order valence-corrected chi connectivity index (χ3v) is 4.70. The van der Waals surface area contributed by atoms with Gasteiger partial charge in [0.2, 0.25) is 0 Å². The standard InChI is InChI=1S/C23H15N/c1-2-8-16(9-3-1)23-22-20-13-7-6-11-18(20)17-10-4-5-12-19(17)21(22)14-15-24-23/h1-15H. The normalized spacial score (nSPS) is 11.3. The molecule has 1 heterocycles. The Hall–Kier alpha value is -3.19. The van der Waals surface area contributed by atoms with Gasteiger partial charge in [0.05, 0.1) is 5.69 Å². The molecule has 0 radical (unpaired) electrons. The molecule has 0 unspecified atom stereocenters. The van der Waals surface area contributed by atoms with E-state index in [1.807, 2.05) is 12.3 Å². The first-order valence-electron chi connectivity index (χ1n) is 8.17. The summed E-state index contributed by atoms with van der Waals surface area (Å²) < 4.78 is 0. The third-order valence-electron chi connectivity index (χ3n) is 4.70. The number of benzene rings is 4. The van der Waals surface area contributed by atoms with Crippen molar-refractivity contribution in [3.05, 3.63) is 91.1 Å². The van der Waals surface area contributed by atoms with Crippen molar-refractivity contribution < 1.29 is 0 Å². The average molecular weight is 305 g/mol. The highest BCUT2D eigenvalue weighted by Crippen LogP contribution is 2.38. The average Bonchev–Trinajstić information content (AvgIpc) is 2.68. The van der Waals surface area contributed by atoms with Gasteiger partial charge in [-0.1, -0.05) is 78.9 Å². The van der Waals surface area contributed by atoms with Crippen LogP contribution in [-0.4, -0.2) is 4.98 Å². The monoisotopic (exact) mass is 305 g/mol. The van der Waals surface area contributed by atoms with Gasteiger partial charge in [-0.05, 0) is 33.0 Å². The Morgan fingerprint density at radius 3 is 1.62 bits per heavy atom. The highest BCUT2D eigenvalue weighted by Gasteiger charge is 2.12. The maximum atomic E-state index is 4.73. The first-order valence-corrected chi connectivity index (χ1v) is 8.17. The number of fused-ring (bicyclic) bond motifs is 6. The van der Waals surface area contributed by atoms with Crippen LogP contribution in [0.4, 0.5) is 0 Å². The second-order valence-electron chi connectivity index (χ2n) is 6.04. The molecule has 112 valence electrons. The van der Waals surface area contributed by atoms with Crippen LogP contribution in [0.25, 0.3) is 43.6 Å². The van der Waals surface area contributed by atoms with Crippen molar-refractivity contribution >= 4 is 32.3 Å². The quantitative estimate of drug-likeness (QED) is 0.336. The molecule has 0 saturated heterocycles. The molecule has 0 fully saturated rings. The molecule has 0 aliphatic carbocycles. The van der Waals surface area contributed by atoms with Crippen LogP contribution in [0.5, 0.6) is 0 Å². The molecule has 0 N–H and O–H groups in total. The fourth-order valence-electron chi connectivity index (χ4n) is 3.66. The Labute approximate surface area is 140 Å². The molecule has 5 rings (SSSR count). The lowest BCUT2D eigenvalue weighted by atomic mass is 9.92. The number of aromatic nitrogens is 1. The van der Waals surface area contributed by atoms with Crippen molar-refractivity contribution in [1.82, 2.24) is 4.98 Å². The lowest BCUT2D eigenvalue weighted by Crippen LogP contribution is -1.89. The molecule has 24 heavy (non-hydrogen) atoms. The van der Waals surface area contributed by atoms with E-state index in [2.05, 4.69) is 78.9 Å². The maximum absolute atomic E-state index is 4.73. The number of pyridine rings is 1. The summed E-state index contributed by atoms with van der Waals surface area (Å²) in [5.41, 5.74) is 2.21. The van der Waals surface area contributed by atoms with Gasteiger partial charge in [-0.15, -0.1) is 0 Å². The van der Waals surface area contributed by atoms with Crippen LogP contribution in [0.3, 0.4) is 0 Å². The van der Waals surface area contributed by atoms with Crippen molar-refractivity contribution in [2.45, 2.75) is 0 Å². The van der Waals surface area contributed by atoms with Gasteiger partial charge in [0.15, 0.2) is 0 Å². The molecular formula is C23H15N. The minimum Gasteiger partial charge on any atom is -0.256 e. The molecule has 1 nitrogen and oxygen atoms in total.